The van der Waals surface area contributed by atoms with Crippen LogP contribution in [0, 0.1) is 0 Å². The molecule has 2 saturated heterocycles. The number of aliphatic carboxylic acids is 1. The van der Waals surface area contributed by atoms with Crippen LogP contribution in [0.25, 0.3) is 0 Å². The summed E-state index contributed by atoms with van der Waals surface area (Å²) < 4.78 is 15.1. The number of fused-ring (bicyclic) bond motifs is 1. The van der Waals surface area contributed by atoms with Gasteiger partial charge in [0.25, 0.3) is 11.8 Å². The molecule has 0 aromatic heterocycles. The molecule has 0 aliphatic carbocycles. The number of nitrogens with zero attached hydrogens (tertiary/aromatic N) is 1. The lowest BCUT2D eigenvalue weighted by Crippen LogP contribution is -2.78. The number of methoxy groups -OCH3 is 3. The minimum atomic E-state index is -1.25. The van der Waals surface area contributed by atoms with E-state index < -0.39 is 39.5 Å². The Hall–Kier alpha value is -2.62. The van der Waals surface area contributed by atoms with E-state index >= 15 is 0 Å². The summed E-state index contributed by atoms with van der Waals surface area (Å²) >= 11 is 1.35. The number of rotatable bonds is 6. The lowest BCUT2D eigenvalue weighted by Gasteiger charge is -2.51. The molecular weight excluding hydrogens is 400 g/mol. The van der Waals surface area contributed by atoms with Crippen LogP contribution in [-0.2, 0) is 9.59 Å². The maximum Gasteiger partial charge on any atom is 0.327 e. The van der Waals surface area contributed by atoms with E-state index in [1.54, 1.807) is 32.9 Å². The van der Waals surface area contributed by atoms with Gasteiger partial charge in [-0.05, 0) is 20.8 Å². The van der Waals surface area contributed by atoms with Crippen molar-refractivity contribution in [2.45, 2.75) is 42.5 Å². The zero-order chi connectivity index (χ0) is 21.7. The monoisotopic (exact) mass is 424 g/mol. The lowest BCUT2D eigenvalue weighted by atomic mass is 9.86. The van der Waals surface area contributed by atoms with E-state index in [2.05, 4.69) is 5.32 Å². The fourth-order valence-corrected chi connectivity index (χ4v) is 5.51. The first-order valence-electron chi connectivity index (χ1n) is 8.87. The van der Waals surface area contributed by atoms with Crippen molar-refractivity contribution in [1.29, 1.82) is 0 Å². The summed E-state index contributed by atoms with van der Waals surface area (Å²) in [5.74, 6) is -1.15. The molecule has 0 spiro atoms. The number of thioether (sulfide) groups is 1. The second kappa shape index (κ2) is 7.01. The molecule has 0 unspecified atom stereocenters. The molecule has 9 nitrogen and oxygen atoms in total. The number of ether oxygens (including phenoxy) is 3. The summed E-state index contributed by atoms with van der Waals surface area (Å²) in [7, 11) is 4.31. The molecule has 29 heavy (non-hydrogen) atoms. The number of carboxylic acids is 1. The summed E-state index contributed by atoms with van der Waals surface area (Å²) in [6.07, 6.45) is 0. The Bertz CT molecular complexity index is 862. The summed E-state index contributed by atoms with van der Waals surface area (Å²) in [4.78, 5) is 39.0. The molecule has 0 bridgehead atoms. The van der Waals surface area contributed by atoms with Crippen molar-refractivity contribution >= 4 is 29.5 Å². The van der Waals surface area contributed by atoms with Crippen molar-refractivity contribution in [2.75, 3.05) is 21.3 Å². The number of amides is 2. The Morgan fingerprint density at radius 1 is 1.10 bits per heavy atom. The van der Waals surface area contributed by atoms with Crippen LogP contribution in [-0.4, -0.2) is 70.8 Å². The average Bonchev–Trinajstić information content (AvgIpc) is 2.95. The zero-order valence-electron chi connectivity index (χ0n) is 17.1. The molecule has 2 aliphatic rings. The number of carboxylic acid groups (broad SMARTS) is 1. The molecule has 2 aliphatic heterocycles. The Kier molecular flexibility index (Phi) is 5.10. The zero-order valence-corrected chi connectivity index (χ0v) is 17.9. The predicted molar refractivity (Wildman–Crippen MR) is 106 cm³/mol. The highest BCUT2D eigenvalue weighted by atomic mass is 32.2. The SMILES string of the molecule is COc1cc(OC)c(C(=O)N[C@@]2(C)C(=O)N3[C@@H](C(=O)O)C(C)(C)S[C@@H]32)c(OC)c1. The summed E-state index contributed by atoms with van der Waals surface area (Å²) in [5, 5.41) is 11.8. The fraction of sp³-hybridized carbons (Fsp3) is 0.526. The van der Waals surface area contributed by atoms with Gasteiger partial charge in [0.05, 0.1) is 21.3 Å². The maximum atomic E-state index is 13.1. The number of benzene rings is 1. The van der Waals surface area contributed by atoms with Crippen LogP contribution in [0.4, 0.5) is 0 Å². The first-order valence-corrected chi connectivity index (χ1v) is 9.75. The molecule has 2 heterocycles. The Morgan fingerprint density at radius 2 is 1.66 bits per heavy atom. The quantitative estimate of drug-likeness (QED) is 0.658. The van der Waals surface area contributed by atoms with Gasteiger partial charge in [-0.25, -0.2) is 4.79 Å². The first kappa shape index (κ1) is 21.1. The predicted octanol–water partition coefficient (Wildman–Crippen LogP) is 1.35. The molecule has 2 amide bonds. The third kappa shape index (κ3) is 3.06. The third-order valence-corrected chi connectivity index (χ3v) is 7.08. The summed E-state index contributed by atoms with van der Waals surface area (Å²) in [6, 6.07) is 2.13. The minimum absolute atomic E-state index is 0.125. The molecule has 1 aromatic carbocycles. The van der Waals surface area contributed by atoms with E-state index in [0.717, 1.165) is 0 Å². The fourth-order valence-electron chi connectivity index (χ4n) is 3.87. The van der Waals surface area contributed by atoms with Crippen molar-refractivity contribution in [2.24, 2.45) is 0 Å². The molecule has 2 fully saturated rings. The van der Waals surface area contributed by atoms with Crippen molar-refractivity contribution < 1.29 is 33.7 Å². The molecule has 3 rings (SSSR count). The van der Waals surface area contributed by atoms with Gasteiger partial charge in [0.15, 0.2) is 0 Å². The van der Waals surface area contributed by atoms with E-state index in [4.69, 9.17) is 14.2 Å². The third-order valence-electron chi connectivity index (χ3n) is 5.33. The average molecular weight is 424 g/mol. The topological polar surface area (TPSA) is 114 Å². The van der Waals surface area contributed by atoms with Gasteiger partial charge in [-0.2, -0.15) is 0 Å². The highest BCUT2D eigenvalue weighted by Crippen LogP contribution is 2.54. The van der Waals surface area contributed by atoms with Crippen molar-refractivity contribution in [3.05, 3.63) is 17.7 Å². The van der Waals surface area contributed by atoms with Crippen LogP contribution in [0.2, 0.25) is 0 Å². The Balaban J connectivity index is 1.93. The molecule has 1 aromatic rings. The molecular formula is C19H24N2O7S. The van der Waals surface area contributed by atoms with E-state index in [1.807, 2.05) is 0 Å². The van der Waals surface area contributed by atoms with Gasteiger partial charge in [0, 0.05) is 16.9 Å². The molecule has 0 radical (unpaired) electrons. The number of hydrogen-bond acceptors (Lipinski definition) is 7. The van der Waals surface area contributed by atoms with Gasteiger partial charge >= 0.3 is 5.97 Å². The van der Waals surface area contributed by atoms with E-state index in [-0.39, 0.29) is 17.1 Å². The number of hydrogen-bond donors (Lipinski definition) is 2. The van der Waals surface area contributed by atoms with Crippen LogP contribution in [0.3, 0.4) is 0 Å². The highest BCUT2D eigenvalue weighted by Gasteiger charge is 2.70. The van der Waals surface area contributed by atoms with Crippen molar-refractivity contribution in [1.82, 2.24) is 10.2 Å². The van der Waals surface area contributed by atoms with Crippen LogP contribution >= 0.6 is 11.8 Å². The molecule has 2 N–H and O–H groups in total. The first-order chi connectivity index (χ1) is 13.5. The van der Waals surface area contributed by atoms with Gasteiger partial charge in [-0.3, -0.25) is 9.59 Å². The van der Waals surface area contributed by atoms with Gasteiger partial charge in [0.1, 0.15) is 39.8 Å². The Morgan fingerprint density at radius 3 is 2.10 bits per heavy atom. The van der Waals surface area contributed by atoms with Crippen molar-refractivity contribution in [3.8, 4) is 17.2 Å². The lowest BCUT2D eigenvalue weighted by molar-refractivity contribution is -0.165. The maximum absolute atomic E-state index is 13.1. The van der Waals surface area contributed by atoms with Crippen LogP contribution < -0.4 is 19.5 Å². The molecule has 3 atom stereocenters. The molecule has 0 saturated carbocycles. The summed E-state index contributed by atoms with van der Waals surface area (Å²) in [6.45, 7) is 5.16. The highest BCUT2D eigenvalue weighted by molar-refractivity contribution is 8.01. The van der Waals surface area contributed by atoms with Crippen LogP contribution in [0.1, 0.15) is 31.1 Å². The number of carbonyl (C=O) groups is 3. The number of β-lactam (4-membered cyclic amide) rings is 1. The van der Waals surface area contributed by atoms with Crippen LogP contribution in [0.15, 0.2) is 12.1 Å². The standard InChI is InChI=1S/C19H24N2O7S/c1-18(2)13(15(23)24)21-16(25)19(3,17(21)29-18)20-14(22)12-10(27-5)7-9(26-4)8-11(12)28-6/h7-8,13,17H,1-6H3,(H,20,22)(H,23,24)/t13-,17+,19-/m0/s1. The molecule has 10 heteroatoms. The van der Waals surface area contributed by atoms with E-state index in [9.17, 15) is 19.5 Å². The van der Waals surface area contributed by atoms with Gasteiger partial charge < -0.3 is 29.5 Å². The van der Waals surface area contributed by atoms with Crippen molar-refractivity contribution in [3.63, 3.8) is 0 Å². The smallest absolute Gasteiger partial charge is 0.327 e. The summed E-state index contributed by atoms with van der Waals surface area (Å²) in [5.41, 5.74) is -1.13. The molecule has 158 valence electrons. The van der Waals surface area contributed by atoms with Gasteiger partial charge in [0.2, 0.25) is 0 Å². The Labute approximate surface area is 172 Å². The van der Waals surface area contributed by atoms with Gasteiger partial charge in [-0.15, -0.1) is 11.8 Å². The minimum Gasteiger partial charge on any atom is -0.496 e. The van der Waals surface area contributed by atoms with Gasteiger partial charge in [-0.1, -0.05) is 0 Å². The normalized spacial score (nSPS) is 27.0. The largest absolute Gasteiger partial charge is 0.496 e. The second-order valence-corrected chi connectivity index (χ2v) is 9.32. The van der Waals surface area contributed by atoms with Crippen LogP contribution in [0.5, 0.6) is 17.2 Å². The number of carbonyl (C=O) groups excluding carboxylic acids is 2. The van der Waals surface area contributed by atoms with E-state index in [0.29, 0.717) is 5.75 Å². The number of nitrogens with one attached hydrogen (secondary N) is 1. The second-order valence-electron chi connectivity index (χ2n) is 7.59. The van der Waals surface area contributed by atoms with E-state index in [1.165, 1.54) is 38.0 Å².